The number of hydrogen-bond donors (Lipinski definition) is 0. The fraction of sp³-hybridized carbons (Fsp3) is 0.209. The number of rotatable bonds is 2. The maximum atomic E-state index is 6.61. The molecule has 4 saturated carbocycles. The molecule has 1 spiro atoms. The summed E-state index contributed by atoms with van der Waals surface area (Å²) >= 11 is 0. The van der Waals surface area contributed by atoms with Gasteiger partial charge in [-0.15, -0.1) is 0 Å². The molecule has 12 rings (SSSR count). The van der Waals surface area contributed by atoms with E-state index in [9.17, 15) is 0 Å². The van der Waals surface area contributed by atoms with Crippen LogP contribution >= 0.6 is 0 Å². The summed E-state index contributed by atoms with van der Waals surface area (Å²) in [5.74, 6) is 3.46. The molecule has 5 unspecified atom stereocenters. The van der Waals surface area contributed by atoms with Crippen LogP contribution < -0.4 is 0 Å². The molecule has 0 radical (unpaired) electrons. The van der Waals surface area contributed by atoms with Crippen LogP contribution in [0.15, 0.2) is 126 Å². The van der Waals surface area contributed by atoms with Crippen molar-refractivity contribution >= 4 is 32.7 Å². The van der Waals surface area contributed by atoms with Gasteiger partial charge in [0.15, 0.2) is 0 Å². The second kappa shape index (κ2) is 8.30. The molecule has 0 amide bonds. The van der Waals surface area contributed by atoms with E-state index in [1.807, 2.05) is 0 Å². The Bertz CT molecular complexity index is 2330. The number of benzene rings is 6. The van der Waals surface area contributed by atoms with Gasteiger partial charge in [-0.3, -0.25) is 0 Å². The lowest BCUT2D eigenvalue weighted by Gasteiger charge is -2.44. The minimum atomic E-state index is 0.209. The molecule has 5 aliphatic carbocycles. The molecule has 1 heteroatoms. The van der Waals surface area contributed by atoms with Gasteiger partial charge in [-0.25, -0.2) is 0 Å². The van der Waals surface area contributed by atoms with Gasteiger partial charge < -0.3 is 4.42 Å². The van der Waals surface area contributed by atoms with Crippen molar-refractivity contribution in [3.63, 3.8) is 0 Å². The van der Waals surface area contributed by atoms with Crippen molar-refractivity contribution in [1.29, 1.82) is 0 Å². The van der Waals surface area contributed by atoms with Crippen molar-refractivity contribution in [2.24, 2.45) is 23.7 Å². The predicted octanol–water partition coefficient (Wildman–Crippen LogP) is 11.4. The lowest BCUT2D eigenvalue weighted by atomic mass is 9.59. The highest BCUT2D eigenvalue weighted by Crippen LogP contribution is 2.73. The highest BCUT2D eigenvalue weighted by Gasteiger charge is 2.65. The first-order valence-electron chi connectivity index (χ1n) is 16.4. The Labute approximate surface area is 257 Å². The molecule has 0 saturated heterocycles. The Hall–Kier alpha value is -4.62. The van der Waals surface area contributed by atoms with E-state index in [4.69, 9.17) is 4.42 Å². The third-order valence-corrected chi connectivity index (χ3v) is 12.3. The summed E-state index contributed by atoms with van der Waals surface area (Å²) in [6.45, 7) is 0. The van der Waals surface area contributed by atoms with Gasteiger partial charge in [0.25, 0.3) is 0 Å². The Kier molecular flexibility index (Phi) is 4.49. The van der Waals surface area contributed by atoms with Crippen LogP contribution in [-0.2, 0) is 5.41 Å². The molecule has 210 valence electrons. The molecule has 1 heterocycles. The van der Waals surface area contributed by atoms with Crippen molar-refractivity contribution in [2.45, 2.75) is 31.1 Å². The molecule has 0 aliphatic heterocycles. The topological polar surface area (TPSA) is 13.1 Å². The maximum absolute atomic E-state index is 6.61. The van der Waals surface area contributed by atoms with E-state index in [-0.39, 0.29) is 5.41 Å². The van der Waals surface area contributed by atoms with Gasteiger partial charge in [0.1, 0.15) is 11.2 Å². The Morgan fingerprint density at radius 2 is 1.20 bits per heavy atom. The monoisotopic (exact) mass is 564 g/mol. The fourth-order valence-corrected chi connectivity index (χ4v) is 10.8. The minimum Gasteiger partial charge on any atom is -0.456 e. The number of hydrogen-bond acceptors (Lipinski definition) is 1. The molecule has 4 bridgehead atoms. The molecule has 5 atom stereocenters. The molecule has 1 nitrogen and oxygen atoms in total. The second-order valence-corrected chi connectivity index (χ2v) is 14.1. The van der Waals surface area contributed by atoms with Crippen LogP contribution in [0.2, 0.25) is 0 Å². The van der Waals surface area contributed by atoms with Crippen LogP contribution in [-0.4, -0.2) is 0 Å². The average molecular weight is 565 g/mol. The first-order valence-corrected chi connectivity index (χ1v) is 16.4. The zero-order valence-electron chi connectivity index (χ0n) is 24.6. The molecular formula is C43H32O. The lowest BCUT2D eigenvalue weighted by Crippen LogP contribution is -2.40. The summed E-state index contributed by atoms with van der Waals surface area (Å²) in [4.78, 5) is 0. The van der Waals surface area contributed by atoms with Crippen LogP contribution in [0.25, 0.3) is 66.1 Å². The lowest BCUT2D eigenvalue weighted by molar-refractivity contribution is 0.191. The molecule has 0 N–H and O–H groups in total. The minimum absolute atomic E-state index is 0.209. The SMILES string of the molecule is c1ccc2c(c1)-c1ccc(-c3ccc4c(c3)oc3cc(-c5cccc6ccccc56)ccc34)cc1C21C2CC3CC(C2)C1C3. The van der Waals surface area contributed by atoms with Gasteiger partial charge in [-0.1, -0.05) is 91.0 Å². The van der Waals surface area contributed by atoms with Gasteiger partial charge in [0.05, 0.1) is 0 Å². The van der Waals surface area contributed by atoms with Crippen molar-refractivity contribution in [3.8, 4) is 33.4 Å². The van der Waals surface area contributed by atoms with E-state index in [1.54, 1.807) is 11.1 Å². The molecule has 44 heavy (non-hydrogen) atoms. The Balaban J connectivity index is 1.04. The molecule has 5 aliphatic rings. The van der Waals surface area contributed by atoms with E-state index in [1.165, 1.54) is 80.6 Å². The van der Waals surface area contributed by atoms with Crippen molar-refractivity contribution in [1.82, 2.24) is 0 Å². The van der Waals surface area contributed by atoms with Crippen LogP contribution in [0.1, 0.15) is 36.8 Å². The molecule has 7 aromatic rings. The summed E-state index contributed by atoms with van der Waals surface area (Å²) in [6.07, 6.45) is 5.72. The Morgan fingerprint density at radius 3 is 2.11 bits per heavy atom. The van der Waals surface area contributed by atoms with Crippen LogP contribution in [0.4, 0.5) is 0 Å². The normalized spacial score (nSPS) is 25.9. The summed E-state index contributed by atoms with van der Waals surface area (Å²) < 4.78 is 6.61. The third-order valence-electron chi connectivity index (χ3n) is 12.3. The molecule has 1 aromatic heterocycles. The van der Waals surface area contributed by atoms with E-state index < -0.39 is 0 Å². The first-order chi connectivity index (χ1) is 21.8. The average Bonchev–Trinajstić information content (AvgIpc) is 3.74. The smallest absolute Gasteiger partial charge is 0.136 e. The van der Waals surface area contributed by atoms with Gasteiger partial charge in [0, 0.05) is 16.2 Å². The predicted molar refractivity (Wildman–Crippen MR) is 181 cm³/mol. The molecule has 6 aromatic carbocycles. The van der Waals surface area contributed by atoms with Gasteiger partial charge in [0.2, 0.25) is 0 Å². The number of fused-ring (bicyclic) bond motifs is 7. The zero-order valence-corrected chi connectivity index (χ0v) is 24.6. The highest BCUT2D eigenvalue weighted by atomic mass is 16.3. The standard InChI is InChI=1S/C43H32O/c1-2-8-32-26(6-1)7-5-10-33(32)29-14-17-37-36-16-13-28(23-41(36)44-42(37)24-29)27-12-15-35-34-9-3-4-11-38(34)43(40(35)22-27)31-19-25-18-30(21-31)39(43)20-25/h1-17,22-25,30-31,39H,18-21H2. The van der Waals surface area contributed by atoms with Crippen molar-refractivity contribution in [3.05, 3.63) is 132 Å². The second-order valence-electron chi connectivity index (χ2n) is 14.1. The zero-order chi connectivity index (χ0) is 28.6. The van der Waals surface area contributed by atoms with Gasteiger partial charge in [-0.05, 0) is 135 Å². The Morgan fingerprint density at radius 1 is 0.500 bits per heavy atom. The van der Waals surface area contributed by atoms with E-state index >= 15 is 0 Å². The van der Waals surface area contributed by atoms with Gasteiger partial charge in [-0.2, -0.15) is 0 Å². The summed E-state index contributed by atoms with van der Waals surface area (Å²) in [7, 11) is 0. The first kappa shape index (κ1) is 23.8. The third kappa shape index (κ3) is 2.91. The molecular weight excluding hydrogens is 532 g/mol. The summed E-state index contributed by atoms with van der Waals surface area (Å²) in [5, 5.41) is 4.89. The molecule has 4 fully saturated rings. The number of furan rings is 1. The van der Waals surface area contributed by atoms with Crippen LogP contribution in [0.3, 0.4) is 0 Å². The van der Waals surface area contributed by atoms with Crippen molar-refractivity contribution < 1.29 is 4.42 Å². The highest BCUT2D eigenvalue weighted by molar-refractivity contribution is 6.08. The van der Waals surface area contributed by atoms with E-state index in [0.717, 1.165) is 34.8 Å². The fourth-order valence-electron chi connectivity index (χ4n) is 10.8. The van der Waals surface area contributed by atoms with Crippen LogP contribution in [0, 0.1) is 23.7 Å². The summed E-state index contributed by atoms with van der Waals surface area (Å²) in [5.41, 5.74) is 13.3. The summed E-state index contributed by atoms with van der Waals surface area (Å²) in [6, 6.07) is 45.4. The quantitative estimate of drug-likeness (QED) is 0.204. The van der Waals surface area contributed by atoms with Crippen molar-refractivity contribution in [2.75, 3.05) is 0 Å². The van der Waals surface area contributed by atoms with E-state index in [0.29, 0.717) is 0 Å². The largest absolute Gasteiger partial charge is 0.456 e. The maximum Gasteiger partial charge on any atom is 0.136 e. The van der Waals surface area contributed by atoms with Crippen LogP contribution in [0.5, 0.6) is 0 Å². The van der Waals surface area contributed by atoms with E-state index in [2.05, 4.69) is 121 Å². The van der Waals surface area contributed by atoms with Gasteiger partial charge >= 0.3 is 0 Å².